The van der Waals surface area contributed by atoms with Crippen molar-refractivity contribution in [2.24, 2.45) is 5.92 Å². The Morgan fingerprint density at radius 2 is 2.41 bits per heavy atom. The van der Waals surface area contributed by atoms with Crippen LogP contribution in [0.15, 0.2) is 24.8 Å². The summed E-state index contributed by atoms with van der Waals surface area (Å²) in [6.07, 6.45) is 9.79. The quantitative estimate of drug-likeness (QED) is 0.876. The van der Waals surface area contributed by atoms with Crippen LogP contribution in [0.3, 0.4) is 0 Å². The molecule has 17 heavy (non-hydrogen) atoms. The predicted molar refractivity (Wildman–Crippen MR) is 63.4 cm³/mol. The van der Waals surface area contributed by atoms with Crippen molar-refractivity contribution in [2.45, 2.75) is 19.4 Å². The molecule has 0 aliphatic carbocycles. The van der Waals surface area contributed by atoms with E-state index in [1.807, 2.05) is 18.6 Å². The number of rotatable bonds is 3. The number of imidazole rings is 2. The molecule has 0 radical (unpaired) electrons. The summed E-state index contributed by atoms with van der Waals surface area (Å²) >= 11 is 0. The van der Waals surface area contributed by atoms with E-state index >= 15 is 0 Å². The number of H-pyrrole nitrogens is 1. The zero-order chi connectivity index (χ0) is 11.5. The lowest BCUT2D eigenvalue weighted by Gasteiger charge is -2.22. The summed E-state index contributed by atoms with van der Waals surface area (Å²) in [5, 5.41) is 0. The highest BCUT2D eigenvalue weighted by Gasteiger charge is 2.16. The van der Waals surface area contributed by atoms with Gasteiger partial charge in [-0.15, -0.1) is 0 Å². The van der Waals surface area contributed by atoms with Crippen LogP contribution in [-0.4, -0.2) is 32.7 Å². The number of aromatic amines is 1. The van der Waals surface area contributed by atoms with Crippen molar-refractivity contribution in [3.63, 3.8) is 0 Å². The van der Waals surface area contributed by atoms with Gasteiger partial charge >= 0.3 is 0 Å². The van der Waals surface area contributed by atoms with Crippen molar-refractivity contribution in [1.82, 2.24) is 19.5 Å². The molecule has 2 aromatic rings. The molecule has 1 aliphatic heterocycles. The van der Waals surface area contributed by atoms with E-state index in [1.165, 1.54) is 6.42 Å². The van der Waals surface area contributed by atoms with Crippen molar-refractivity contribution in [3.05, 3.63) is 24.8 Å². The molecule has 1 unspecified atom stereocenters. The van der Waals surface area contributed by atoms with Crippen molar-refractivity contribution < 1.29 is 4.74 Å². The minimum atomic E-state index is 0.590. The maximum Gasteiger partial charge on any atom is 0.176 e. The van der Waals surface area contributed by atoms with Gasteiger partial charge in [-0.25, -0.2) is 9.97 Å². The highest BCUT2D eigenvalue weighted by molar-refractivity contribution is 5.43. The molecule has 3 rings (SSSR count). The van der Waals surface area contributed by atoms with E-state index in [0.717, 1.165) is 37.8 Å². The van der Waals surface area contributed by atoms with Gasteiger partial charge in [0.2, 0.25) is 0 Å². The van der Waals surface area contributed by atoms with Gasteiger partial charge in [0, 0.05) is 43.9 Å². The van der Waals surface area contributed by atoms with Gasteiger partial charge in [0.05, 0.1) is 6.61 Å². The Morgan fingerprint density at radius 3 is 3.18 bits per heavy atom. The fraction of sp³-hybridized carbons (Fsp3) is 0.500. The van der Waals surface area contributed by atoms with E-state index < -0.39 is 0 Å². The predicted octanol–water partition coefficient (Wildman–Crippen LogP) is 1.70. The first-order valence-corrected chi connectivity index (χ1v) is 6.02. The van der Waals surface area contributed by atoms with E-state index in [2.05, 4.69) is 19.5 Å². The summed E-state index contributed by atoms with van der Waals surface area (Å²) < 4.78 is 7.66. The first-order chi connectivity index (χ1) is 8.43. The normalized spacial score (nSPS) is 20.6. The van der Waals surface area contributed by atoms with Crippen molar-refractivity contribution in [2.75, 3.05) is 13.2 Å². The third-order valence-electron chi connectivity index (χ3n) is 3.14. The number of nitrogens with one attached hydrogen (secondary N) is 1. The van der Waals surface area contributed by atoms with E-state index in [1.54, 1.807) is 6.20 Å². The van der Waals surface area contributed by atoms with Gasteiger partial charge < -0.3 is 14.3 Å². The van der Waals surface area contributed by atoms with Crippen molar-refractivity contribution in [3.8, 4) is 11.6 Å². The van der Waals surface area contributed by atoms with Crippen LogP contribution in [-0.2, 0) is 11.3 Å². The fourth-order valence-corrected chi connectivity index (χ4v) is 2.29. The van der Waals surface area contributed by atoms with E-state index in [0.29, 0.717) is 5.92 Å². The number of aromatic nitrogens is 4. The number of hydrogen-bond acceptors (Lipinski definition) is 3. The minimum absolute atomic E-state index is 0.590. The van der Waals surface area contributed by atoms with Crippen LogP contribution in [0, 0.1) is 5.92 Å². The first kappa shape index (κ1) is 10.5. The van der Waals surface area contributed by atoms with Crippen LogP contribution in [0.4, 0.5) is 0 Å². The standard InChI is InChI=1S/C12H16N4O/c1-2-10(9-17-7-1)8-16-6-5-15-12(16)11-13-3-4-14-11/h3-6,10H,1-2,7-9H2,(H,13,14). The molecular formula is C12H16N4O. The Morgan fingerprint density at radius 1 is 1.41 bits per heavy atom. The molecule has 1 fully saturated rings. The van der Waals surface area contributed by atoms with Gasteiger partial charge in [-0.1, -0.05) is 0 Å². The number of ether oxygens (including phenoxy) is 1. The number of hydrogen-bond donors (Lipinski definition) is 1. The maximum absolute atomic E-state index is 5.50. The van der Waals surface area contributed by atoms with Gasteiger partial charge in [0.25, 0.3) is 0 Å². The Kier molecular flexibility index (Phi) is 2.92. The van der Waals surface area contributed by atoms with Crippen molar-refractivity contribution >= 4 is 0 Å². The Hall–Kier alpha value is -1.62. The molecule has 0 bridgehead atoms. The summed E-state index contributed by atoms with van der Waals surface area (Å²) in [6.45, 7) is 2.72. The molecule has 1 N–H and O–H groups in total. The highest BCUT2D eigenvalue weighted by Crippen LogP contribution is 2.19. The van der Waals surface area contributed by atoms with E-state index in [-0.39, 0.29) is 0 Å². The molecule has 2 aromatic heterocycles. The molecule has 1 atom stereocenters. The molecule has 0 amide bonds. The SMILES string of the molecule is c1c[nH]c(-c2nccn2CC2CCCOC2)n1. The van der Waals surface area contributed by atoms with E-state index in [4.69, 9.17) is 4.74 Å². The second-order valence-corrected chi connectivity index (χ2v) is 4.42. The molecule has 3 heterocycles. The molecule has 1 saturated heterocycles. The van der Waals surface area contributed by atoms with Crippen LogP contribution in [0.2, 0.25) is 0 Å². The second-order valence-electron chi connectivity index (χ2n) is 4.42. The zero-order valence-corrected chi connectivity index (χ0v) is 9.67. The molecule has 1 aliphatic rings. The zero-order valence-electron chi connectivity index (χ0n) is 9.67. The molecule has 90 valence electrons. The summed E-state index contributed by atoms with van der Waals surface area (Å²) in [6, 6.07) is 0. The molecular weight excluding hydrogens is 216 g/mol. The molecule has 0 aromatic carbocycles. The fourth-order valence-electron chi connectivity index (χ4n) is 2.29. The Labute approximate surface area is 99.9 Å². The first-order valence-electron chi connectivity index (χ1n) is 6.02. The van der Waals surface area contributed by atoms with Crippen LogP contribution in [0.25, 0.3) is 11.6 Å². The third-order valence-corrected chi connectivity index (χ3v) is 3.14. The molecule has 5 heteroatoms. The van der Waals surface area contributed by atoms with Gasteiger partial charge in [0.15, 0.2) is 11.6 Å². The Balaban J connectivity index is 1.77. The van der Waals surface area contributed by atoms with Gasteiger partial charge in [0.1, 0.15) is 0 Å². The average molecular weight is 232 g/mol. The monoisotopic (exact) mass is 232 g/mol. The smallest absolute Gasteiger partial charge is 0.176 e. The summed E-state index contributed by atoms with van der Waals surface area (Å²) in [5.41, 5.74) is 0. The van der Waals surface area contributed by atoms with Crippen LogP contribution < -0.4 is 0 Å². The minimum Gasteiger partial charge on any atom is -0.381 e. The number of nitrogens with zero attached hydrogens (tertiary/aromatic N) is 3. The lowest BCUT2D eigenvalue weighted by Crippen LogP contribution is -2.22. The van der Waals surface area contributed by atoms with Crippen molar-refractivity contribution in [1.29, 1.82) is 0 Å². The van der Waals surface area contributed by atoms with Crippen LogP contribution in [0.1, 0.15) is 12.8 Å². The second kappa shape index (κ2) is 4.71. The maximum atomic E-state index is 5.50. The van der Waals surface area contributed by atoms with Crippen LogP contribution >= 0.6 is 0 Å². The highest BCUT2D eigenvalue weighted by atomic mass is 16.5. The summed E-state index contributed by atoms with van der Waals surface area (Å²) in [7, 11) is 0. The molecule has 5 nitrogen and oxygen atoms in total. The lowest BCUT2D eigenvalue weighted by molar-refractivity contribution is 0.0485. The molecule has 0 saturated carbocycles. The van der Waals surface area contributed by atoms with Gasteiger partial charge in [-0.3, -0.25) is 0 Å². The largest absolute Gasteiger partial charge is 0.381 e. The topological polar surface area (TPSA) is 55.7 Å². The van der Waals surface area contributed by atoms with Crippen LogP contribution in [0.5, 0.6) is 0 Å². The average Bonchev–Trinajstić information content (AvgIpc) is 3.00. The summed E-state index contributed by atoms with van der Waals surface area (Å²) in [5.74, 6) is 2.32. The lowest BCUT2D eigenvalue weighted by atomic mass is 10.0. The van der Waals surface area contributed by atoms with Gasteiger partial charge in [-0.2, -0.15) is 0 Å². The van der Waals surface area contributed by atoms with Gasteiger partial charge in [-0.05, 0) is 12.8 Å². The third kappa shape index (κ3) is 2.24. The van der Waals surface area contributed by atoms with E-state index in [9.17, 15) is 0 Å². The summed E-state index contributed by atoms with van der Waals surface area (Å²) in [4.78, 5) is 11.7. The molecule has 0 spiro atoms. The Bertz CT molecular complexity index is 457.